The first-order chi connectivity index (χ1) is 13.7. The quantitative estimate of drug-likeness (QED) is 0.549. The van der Waals surface area contributed by atoms with Crippen molar-refractivity contribution in [1.82, 2.24) is 20.2 Å². The zero-order valence-electron chi connectivity index (χ0n) is 15.1. The van der Waals surface area contributed by atoms with Gasteiger partial charge in [0.2, 0.25) is 10.0 Å². The van der Waals surface area contributed by atoms with Crippen LogP contribution >= 0.6 is 0 Å². The lowest BCUT2D eigenvalue weighted by atomic mass is 10.2. The van der Waals surface area contributed by atoms with Crippen LogP contribution in [-0.2, 0) is 19.6 Å². The Morgan fingerprint density at radius 2 is 1.90 bits per heavy atom. The number of anilines is 1. The smallest absolute Gasteiger partial charge is 0.338 e. The van der Waals surface area contributed by atoms with Crippen LogP contribution in [0, 0.1) is 0 Å². The summed E-state index contributed by atoms with van der Waals surface area (Å²) < 4.78 is 29.1. The summed E-state index contributed by atoms with van der Waals surface area (Å²) in [5.41, 5.74) is 1.10. The summed E-state index contributed by atoms with van der Waals surface area (Å²) in [4.78, 5) is 24.5. The molecule has 1 heterocycles. The molecular weight excluding hydrogens is 400 g/mol. The van der Waals surface area contributed by atoms with Crippen LogP contribution in [-0.4, -0.2) is 46.6 Å². The third kappa shape index (κ3) is 5.00. The molecule has 1 atom stereocenters. The molecule has 1 aromatic heterocycles. The van der Waals surface area contributed by atoms with Gasteiger partial charge >= 0.3 is 5.97 Å². The van der Waals surface area contributed by atoms with Gasteiger partial charge in [-0.1, -0.05) is 6.07 Å². The fraction of sp³-hybridized carbons (Fsp3) is 0.118. The van der Waals surface area contributed by atoms with Crippen molar-refractivity contribution in [2.45, 2.75) is 17.9 Å². The minimum atomic E-state index is -3.83. The number of amides is 1. The summed E-state index contributed by atoms with van der Waals surface area (Å²) in [6.45, 7) is 1.41. The highest BCUT2D eigenvalue weighted by molar-refractivity contribution is 7.89. The number of esters is 1. The van der Waals surface area contributed by atoms with Crippen molar-refractivity contribution < 1.29 is 22.7 Å². The molecule has 3 aromatic rings. The molecule has 0 aliphatic rings. The van der Waals surface area contributed by atoms with Crippen molar-refractivity contribution in [3.8, 4) is 5.69 Å². The Bertz CT molecular complexity index is 1130. The number of carbonyl (C=O) groups excluding carboxylic acids is 2. The topological polar surface area (TPSA) is 159 Å². The molecule has 0 fully saturated rings. The molecule has 1 unspecified atom stereocenters. The van der Waals surface area contributed by atoms with Crippen molar-refractivity contribution in [3.05, 3.63) is 60.4 Å². The molecule has 0 saturated heterocycles. The van der Waals surface area contributed by atoms with E-state index in [9.17, 15) is 18.0 Å². The number of tetrazole rings is 1. The molecular formula is C17H16N6O5S. The van der Waals surface area contributed by atoms with Gasteiger partial charge in [-0.2, -0.15) is 0 Å². The van der Waals surface area contributed by atoms with Crippen molar-refractivity contribution in [2.75, 3.05) is 5.32 Å². The fourth-order valence-electron chi connectivity index (χ4n) is 2.31. The van der Waals surface area contributed by atoms with Crippen molar-refractivity contribution in [2.24, 2.45) is 5.14 Å². The van der Waals surface area contributed by atoms with Crippen molar-refractivity contribution >= 4 is 27.6 Å². The van der Waals surface area contributed by atoms with Gasteiger partial charge in [-0.15, -0.1) is 5.10 Å². The third-order valence-electron chi connectivity index (χ3n) is 3.80. The van der Waals surface area contributed by atoms with Crippen LogP contribution in [0.5, 0.6) is 0 Å². The van der Waals surface area contributed by atoms with Gasteiger partial charge in [0.25, 0.3) is 5.91 Å². The molecule has 0 aliphatic carbocycles. The average molecular weight is 416 g/mol. The lowest BCUT2D eigenvalue weighted by Gasteiger charge is -2.14. The van der Waals surface area contributed by atoms with E-state index in [1.54, 1.807) is 12.1 Å². The van der Waals surface area contributed by atoms with E-state index in [0.29, 0.717) is 11.4 Å². The standard InChI is InChI=1S/C17H16N6O5S/c1-11(16(24)20-13-5-7-15(8-6-13)29(18,26)27)28-17(25)12-3-2-4-14(9-12)23-10-19-21-22-23/h2-11H,1H3,(H,20,24)(H2,18,26,27). The first kappa shape index (κ1) is 20.1. The van der Waals surface area contributed by atoms with Gasteiger partial charge in [-0.25, -0.2) is 23.0 Å². The average Bonchev–Trinajstić information content (AvgIpc) is 3.22. The van der Waals surface area contributed by atoms with Crippen LogP contribution in [0.25, 0.3) is 5.69 Å². The third-order valence-corrected chi connectivity index (χ3v) is 4.73. The summed E-state index contributed by atoms with van der Waals surface area (Å²) in [6, 6.07) is 11.7. The monoisotopic (exact) mass is 416 g/mol. The second-order valence-electron chi connectivity index (χ2n) is 5.91. The molecule has 1 amide bonds. The van der Waals surface area contributed by atoms with Gasteiger partial charge < -0.3 is 10.1 Å². The number of rotatable bonds is 6. The molecule has 11 nitrogen and oxygen atoms in total. The fourth-order valence-corrected chi connectivity index (χ4v) is 2.82. The molecule has 0 bridgehead atoms. The van der Waals surface area contributed by atoms with Gasteiger partial charge in [0.15, 0.2) is 6.10 Å². The minimum absolute atomic E-state index is 0.0857. The highest BCUT2D eigenvalue weighted by Gasteiger charge is 2.20. The van der Waals surface area contributed by atoms with Crippen molar-refractivity contribution in [3.63, 3.8) is 0 Å². The Morgan fingerprint density at radius 1 is 1.17 bits per heavy atom. The van der Waals surface area contributed by atoms with Crippen LogP contribution in [0.15, 0.2) is 59.8 Å². The molecule has 12 heteroatoms. The maximum Gasteiger partial charge on any atom is 0.338 e. The number of carbonyl (C=O) groups is 2. The largest absolute Gasteiger partial charge is 0.449 e. The number of hydrogen-bond acceptors (Lipinski definition) is 8. The zero-order valence-corrected chi connectivity index (χ0v) is 15.9. The second kappa shape index (κ2) is 8.16. The predicted octanol–water partition coefficient (Wildman–Crippen LogP) is 0.494. The van der Waals surface area contributed by atoms with E-state index in [2.05, 4.69) is 20.8 Å². The minimum Gasteiger partial charge on any atom is -0.449 e. The maximum absolute atomic E-state index is 12.3. The Kier molecular flexibility index (Phi) is 5.66. The number of benzene rings is 2. The number of sulfonamides is 1. The Labute approximate surface area is 165 Å². The summed E-state index contributed by atoms with van der Waals surface area (Å²) in [7, 11) is -3.83. The van der Waals surface area contributed by atoms with Gasteiger partial charge in [-0.05, 0) is 59.8 Å². The summed E-state index contributed by atoms with van der Waals surface area (Å²) in [6.07, 6.45) is 0.277. The lowest BCUT2D eigenvalue weighted by molar-refractivity contribution is -0.123. The van der Waals surface area contributed by atoms with E-state index in [1.165, 1.54) is 54.3 Å². The number of nitrogens with one attached hydrogen (secondary N) is 1. The zero-order chi connectivity index (χ0) is 21.0. The van der Waals surface area contributed by atoms with Crippen LogP contribution < -0.4 is 10.5 Å². The number of hydrogen-bond donors (Lipinski definition) is 2. The number of nitrogens with zero attached hydrogens (tertiary/aromatic N) is 4. The van der Waals surface area contributed by atoms with Gasteiger partial charge in [0.1, 0.15) is 6.33 Å². The summed E-state index contributed by atoms with van der Waals surface area (Å²) in [5, 5.41) is 18.3. The molecule has 3 N–H and O–H groups in total. The van der Waals surface area contributed by atoms with Crippen LogP contribution in [0.1, 0.15) is 17.3 Å². The molecule has 3 rings (SSSR count). The molecule has 0 saturated carbocycles. The van der Waals surface area contributed by atoms with Crippen LogP contribution in [0.4, 0.5) is 5.69 Å². The number of primary sulfonamides is 1. The van der Waals surface area contributed by atoms with Crippen LogP contribution in [0.3, 0.4) is 0 Å². The highest BCUT2D eigenvalue weighted by atomic mass is 32.2. The van der Waals surface area contributed by atoms with Gasteiger partial charge in [0.05, 0.1) is 16.1 Å². The summed E-state index contributed by atoms with van der Waals surface area (Å²) in [5.74, 6) is -1.29. The lowest BCUT2D eigenvalue weighted by Crippen LogP contribution is -2.30. The Hall–Kier alpha value is -3.64. The normalized spacial score (nSPS) is 12.2. The van der Waals surface area contributed by atoms with E-state index in [-0.39, 0.29) is 10.5 Å². The highest BCUT2D eigenvalue weighted by Crippen LogP contribution is 2.14. The number of aromatic nitrogens is 4. The van der Waals surface area contributed by atoms with Gasteiger partial charge in [-0.3, -0.25) is 4.79 Å². The van der Waals surface area contributed by atoms with E-state index < -0.39 is 28.0 Å². The van der Waals surface area contributed by atoms with Gasteiger partial charge in [0, 0.05) is 5.69 Å². The number of ether oxygens (including phenoxy) is 1. The molecule has 0 radical (unpaired) electrons. The van der Waals surface area contributed by atoms with E-state index in [1.807, 2.05) is 0 Å². The van der Waals surface area contributed by atoms with E-state index >= 15 is 0 Å². The summed E-state index contributed by atoms with van der Waals surface area (Å²) >= 11 is 0. The van der Waals surface area contributed by atoms with Crippen molar-refractivity contribution in [1.29, 1.82) is 0 Å². The molecule has 29 heavy (non-hydrogen) atoms. The van der Waals surface area contributed by atoms with E-state index in [0.717, 1.165) is 0 Å². The predicted molar refractivity (Wildman–Crippen MR) is 100 cm³/mol. The SMILES string of the molecule is CC(OC(=O)c1cccc(-n2cnnn2)c1)C(=O)Nc1ccc(S(N)(=O)=O)cc1. The Morgan fingerprint density at radius 3 is 2.52 bits per heavy atom. The number of nitrogens with two attached hydrogens (primary N) is 1. The van der Waals surface area contributed by atoms with E-state index in [4.69, 9.17) is 9.88 Å². The molecule has 150 valence electrons. The molecule has 0 spiro atoms. The second-order valence-corrected chi connectivity index (χ2v) is 7.47. The van der Waals surface area contributed by atoms with Crippen LogP contribution in [0.2, 0.25) is 0 Å². The first-order valence-corrected chi connectivity index (χ1v) is 9.77. The molecule has 0 aliphatic heterocycles. The first-order valence-electron chi connectivity index (χ1n) is 8.22. The maximum atomic E-state index is 12.3. The molecule has 2 aromatic carbocycles. The Balaban J connectivity index is 1.63.